The van der Waals surface area contributed by atoms with Gasteiger partial charge in [-0.15, -0.1) is 11.6 Å². The number of alkyl halides is 1. The van der Waals surface area contributed by atoms with E-state index in [1.54, 1.807) is 20.3 Å². The van der Waals surface area contributed by atoms with E-state index in [0.29, 0.717) is 28.2 Å². The van der Waals surface area contributed by atoms with Gasteiger partial charge in [-0.2, -0.15) is 5.10 Å². The minimum Gasteiger partial charge on any atom is -0.500 e. The second-order valence-electron chi connectivity index (χ2n) is 9.49. The van der Waals surface area contributed by atoms with E-state index < -0.39 is 0 Å². The first-order valence-corrected chi connectivity index (χ1v) is 13.3. The first-order valence-electron chi connectivity index (χ1n) is 12.4. The lowest BCUT2D eigenvalue weighted by Crippen LogP contribution is -2.22. The summed E-state index contributed by atoms with van der Waals surface area (Å²) in [6.07, 6.45) is 10.7. The third kappa shape index (κ3) is 5.59. The molecule has 0 unspecified atom stereocenters. The molecular weight excluding hydrogens is 511 g/mol. The SMILES string of the molecule is C=C(/C(Cl)=C(\C=C(/CCl)OC)OC)[C@@H](C)c1c[nH]c2ncc(-c3cnn([C@H]4CC[C@H](O)CC4)c3C)cc12. The number of pyridine rings is 1. The fraction of sp³-hybridized carbons (Fsp3) is 0.429. The van der Waals surface area contributed by atoms with Crippen molar-refractivity contribution in [1.82, 2.24) is 19.7 Å². The van der Waals surface area contributed by atoms with Gasteiger partial charge in [0.2, 0.25) is 0 Å². The van der Waals surface area contributed by atoms with Gasteiger partial charge in [0, 0.05) is 46.6 Å². The van der Waals surface area contributed by atoms with E-state index in [4.69, 9.17) is 37.8 Å². The van der Waals surface area contributed by atoms with Crippen LogP contribution in [0.25, 0.3) is 22.2 Å². The van der Waals surface area contributed by atoms with Gasteiger partial charge in [0.25, 0.3) is 0 Å². The maximum atomic E-state index is 9.88. The van der Waals surface area contributed by atoms with Crippen LogP contribution >= 0.6 is 23.2 Å². The highest BCUT2D eigenvalue weighted by Gasteiger charge is 2.24. The van der Waals surface area contributed by atoms with Gasteiger partial charge in [0.15, 0.2) is 0 Å². The van der Waals surface area contributed by atoms with Crippen LogP contribution < -0.4 is 0 Å². The van der Waals surface area contributed by atoms with Gasteiger partial charge < -0.3 is 19.6 Å². The minimum atomic E-state index is -0.191. The predicted octanol–water partition coefficient (Wildman–Crippen LogP) is 6.74. The molecule has 198 valence electrons. The Kier molecular flexibility index (Phi) is 8.67. The number of aromatic nitrogens is 4. The molecule has 4 rings (SSSR count). The number of fused-ring (bicyclic) bond motifs is 1. The van der Waals surface area contributed by atoms with Gasteiger partial charge in [-0.1, -0.05) is 25.1 Å². The summed E-state index contributed by atoms with van der Waals surface area (Å²) in [7, 11) is 3.10. The summed E-state index contributed by atoms with van der Waals surface area (Å²) in [5.74, 6) is 1.06. The van der Waals surface area contributed by atoms with Crippen molar-refractivity contribution in [2.75, 3.05) is 20.1 Å². The second-order valence-corrected chi connectivity index (χ2v) is 10.1. The molecule has 0 aliphatic heterocycles. The van der Waals surface area contributed by atoms with Crippen LogP contribution in [0.2, 0.25) is 0 Å². The lowest BCUT2D eigenvalue weighted by atomic mass is 9.92. The molecule has 37 heavy (non-hydrogen) atoms. The highest BCUT2D eigenvalue weighted by atomic mass is 35.5. The third-order valence-electron chi connectivity index (χ3n) is 7.32. The van der Waals surface area contributed by atoms with E-state index in [0.717, 1.165) is 59.1 Å². The number of rotatable bonds is 9. The number of allylic oxidation sites excluding steroid dienone is 4. The van der Waals surface area contributed by atoms with Crippen LogP contribution in [0.3, 0.4) is 0 Å². The molecule has 2 N–H and O–H groups in total. The standard InChI is InChI=1S/C28H34Cl2N4O3/c1-16(17(2)27(30)26(37-5)11-22(12-29)36-4)24-14-32-28-23(24)10-19(13-31-28)25-15-33-34(18(25)3)20-6-8-21(35)9-7-20/h10-11,13-16,20-21,35H,2,6-9,12H2,1,3-5H3,(H,31,32)/b22-11+,27-26-/t16-,20-,21-/m1/s1. The van der Waals surface area contributed by atoms with E-state index in [2.05, 4.69) is 41.1 Å². The maximum absolute atomic E-state index is 9.88. The van der Waals surface area contributed by atoms with Gasteiger partial charge in [-0.3, -0.25) is 4.68 Å². The topological polar surface area (TPSA) is 85.2 Å². The molecule has 0 saturated heterocycles. The summed E-state index contributed by atoms with van der Waals surface area (Å²) in [4.78, 5) is 7.96. The normalized spacial score (nSPS) is 20.0. The molecule has 1 fully saturated rings. The number of aromatic amines is 1. The molecule has 9 heteroatoms. The summed E-state index contributed by atoms with van der Waals surface area (Å²) >= 11 is 12.6. The number of methoxy groups -OCH3 is 2. The summed E-state index contributed by atoms with van der Waals surface area (Å²) in [5.41, 5.74) is 5.68. The Morgan fingerprint density at radius 2 is 2.00 bits per heavy atom. The van der Waals surface area contributed by atoms with Gasteiger partial charge in [0.1, 0.15) is 17.2 Å². The lowest BCUT2D eigenvalue weighted by Gasteiger charge is -2.26. The largest absolute Gasteiger partial charge is 0.500 e. The van der Waals surface area contributed by atoms with Crippen molar-refractivity contribution in [3.8, 4) is 11.1 Å². The molecule has 1 saturated carbocycles. The summed E-state index contributed by atoms with van der Waals surface area (Å²) < 4.78 is 12.9. The van der Waals surface area contributed by atoms with E-state index >= 15 is 0 Å². The summed E-state index contributed by atoms with van der Waals surface area (Å²) in [6, 6.07) is 2.46. The van der Waals surface area contributed by atoms with Gasteiger partial charge in [-0.25, -0.2) is 4.98 Å². The van der Waals surface area contributed by atoms with Gasteiger partial charge in [0.05, 0.1) is 43.5 Å². The van der Waals surface area contributed by atoms with Crippen LogP contribution in [0.5, 0.6) is 0 Å². The van der Waals surface area contributed by atoms with Crippen molar-refractivity contribution in [3.63, 3.8) is 0 Å². The number of hydrogen-bond donors (Lipinski definition) is 2. The smallest absolute Gasteiger partial charge is 0.141 e. The van der Waals surface area contributed by atoms with E-state index in [9.17, 15) is 5.11 Å². The molecule has 1 aliphatic rings. The average molecular weight is 546 g/mol. The van der Waals surface area contributed by atoms with Crippen LogP contribution in [0, 0.1) is 6.92 Å². The molecule has 0 radical (unpaired) electrons. The molecule has 0 bridgehead atoms. The van der Waals surface area contributed by atoms with E-state index in [-0.39, 0.29) is 17.9 Å². The third-order valence-corrected chi connectivity index (χ3v) is 8.02. The predicted molar refractivity (Wildman–Crippen MR) is 149 cm³/mol. The minimum absolute atomic E-state index is 0.115. The molecule has 3 aromatic rings. The molecule has 0 spiro atoms. The number of aliphatic hydroxyl groups is 1. The number of ether oxygens (including phenoxy) is 2. The van der Waals surface area contributed by atoms with Crippen molar-refractivity contribution in [2.24, 2.45) is 0 Å². The number of halogens is 2. The summed E-state index contributed by atoms with van der Waals surface area (Å²) in [5, 5.41) is 16.0. The van der Waals surface area contributed by atoms with E-state index in [1.165, 1.54) is 0 Å². The van der Waals surface area contributed by atoms with E-state index in [1.807, 2.05) is 18.6 Å². The number of H-pyrrole nitrogens is 1. The number of hydrogen-bond acceptors (Lipinski definition) is 5. The number of nitrogens with zero attached hydrogens (tertiary/aromatic N) is 3. The Morgan fingerprint density at radius 3 is 2.65 bits per heavy atom. The van der Waals surface area contributed by atoms with Crippen molar-refractivity contribution in [1.29, 1.82) is 0 Å². The first kappa shape index (κ1) is 27.3. The van der Waals surface area contributed by atoms with Crippen LogP contribution in [0.4, 0.5) is 0 Å². The van der Waals surface area contributed by atoms with Crippen molar-refractivity contribution in [2.45, 2.75) is 57.6 Å². The van der Waals surface area contributed by atoms with Gasteiger partial charge >= 0.3 is 0 Å². The van der Waals surface area contributed by atoms with Crippen LogP contribution in [-0.2, 0) is 9.47 Å². The molecule has 1 atom stereocenters. The zero-order valence-electron chi connectivity index (χ0n) is 21.7. The van der Waals surface area contributed by atoms with Crippen molar-refractivity contribution < 1.29 is 14.6 Å². The summed E-state index contributed by atoms with van der Waals surface area (Å²) in [6.45, 7) is 8.41. The Labute approximate surface area is 227 Å². The quantitative estimate of drug-likeness (QED) is 0.177. The molecule has 1 aliphatic carbocycles. The van der Waals surface area contributed by atoms with Crippen LogP contribution in [0.1, 0.15) is 55.8 Å². The second kappa shape index (κ2) is 11.8. The fourth-order valence-corrected chi connectivity index (χ4v) is 5.43. The number of nitrogens with one attached hydrogen (secondary N) is 1. The Balaban J connectivity index is 1.65. The molecule has 0 amide bonds. The Hall–Kier alpha value is -2.74. The van der Waals surface area contributed by atoms with Crippen molar-refractivity contribution in [3.05, 3.63) is 70.7 Å². The van der Waals surface area contributed by atoms with Crippen LogP contribution in [-0.4, -0.2) is 51.1 Å². The molecular formula is C28H34Cl2N4O3. The maximum Gasteiger partial charge on any atom is 0.141 e. The fourth-order valence-electron chi connectivity index (χ4n) is 4.95. The average Bonchev–Trinajstić information content (AvgIpc) is 3.51. The zero-order valence-corrected chi connectivity index (χ0v) is 23.2. The number of aliphatic hydroxyl groups excluding tert-OH is 1. The molecule has 0 aromatic carbocycles. The first-order chi connectivity index (χ1) is 17.8. The Bertz CT molecular complexity index is 1330. The Morgan fingerprint density at radius 1 is 1.27 bits per heavy atom. The molecule has 3 heterocycles. The monoisotopic (exact) mass is 544 g/mol. The van der Waals surface area contributed by atoms with Gasteiger partial charge in [-0.05, 0) is 49.8 Å². The highest BCUT2D eigenvalue weighted by molar-refractivity contribution is 6.32. The highest BCUT2D eigenvalue weighted by Crippen LogP contribution is 2.38. The lowest BCUT2D eigenvalue weighted by molar-refractivity contribution is 0.107. The molecule has 7 nitrogen and oxygen atoms in total. The zero-order chi connectivity index (χ0) is 26.7. The van der Waals surface area contributed by atoms with Crippen LogP contribution in [0.15, 0.2) is 59.4 Å². The molecule has 3 aromatic heterocycles. The van der Waals surface area contributed by atoms with Crippen molar-refractivity contribution >= 4 is 34.2 Å².